The first-order valence-electron chi connectivity index (χ1n) is 13.8. The lowest BCUT2D eigenvalue weighted by atomic mass is 10.0. The molecule has 1 rings (SSSR count). The summed E-state index contributed by atoms with van der Waals surface area (Å²) in [5.74, 6) is 0. The molecule has 34 heavy (non-hydrogen) atoms. The van der Waals surface area contributed by atoms with Gasteiger partial charge < -0.3 is 10.0 Å². The van der Waals surface area contributed by atoms with Crippen LogP contribution in [0.2, 0.25) is 0 Å². The summed E-state index contributed by atoms with van der Waals surface area (Å²) in [6.07, 6.45) is 18.3. The third-order valence-corrected chi connectivity index (χ3v) is 7.08. The summed E-state index contributed by atoms with van der Waals surface area (Å²) >= 11 is 0. The van der Waals surface area contributed by atoms with Gasteiger partial charge in [-0.15, -0.1) is 0 Å². The molecule has 0 aromatic heterocycles. The molecule has 0 aliphatic carbocycles. The van der Waals surface area contributed by atoms with Crippen molar-refractivity contribution in [1.29, 1.82) is 0 Å². The first-order valence-corrected chi connectivity index (χ1v) is 15.2. The van der Waals surface area contributed by atoms with Crippen molar-refractivity contribution in [2.24, 2.45) is 0 Å². The second kappa shape index (κ2) is 22.5. The Morgan fingerprint density at radius 2 is 1.15 bits per heavy atom. The second-order valence-electron chi connectivity index (χ2n) is 9.29. The average molecular weight is 500 g/mol. The summed E-state index contributed by atoms with van der Waals surface area (Å²) < 4.78 is 31.8. The van der Waals surface area contributed by atoms with Crippen molar-refractivity contribution in [3.05, 3.63) is 29.8 Å². The number of benzene rings is 1. The molecule has 0 saturated heterocycles. The van der Waals surface area contributed by atoms with E-state index in [-0.39, 0.29) is 4.90 Å². The molecule has 2 N–H and O–H groups in total. The third-order valence-electron chi connectivity index (χ3n) is 6.12. The molecule has 0 fully saturated rings. The minimum absolute atomic E-state index is 0.0610. The van der Waals surface area contributed by atoms with E-state index in [1.165, 1.54) is 83.1 Å². The summed E-state index contributed by atoms with van der Waals surface area (Å²) in [4.78, 5) is 2.42. The molecule has 1 aromatic rings. The Morgan fingerprint density at radius 1 is 0.676 bits per heavy atom. The Bertz CT molecular complexity index is 671. The zero-order valence-electron chi connectivity index (χ0n) is 22.3. The van der Waals surface area contributed by atoms with E-state index in [0.717, 1.165) is 38.0 Å². The topological polar surface area (TPSA) is 77.8 Å². The predicted octanol–water partition coefficient (Wildman–Crippen LogP) is 7.28. The van der Waals surface area contributed by atoms with Crippen LogP contribution in [0.3, 0.4) is 0 Å². The number of unbranched alkanes of at least 4 members (excludes halogenated alkanes) is 11. The lowest BCUT2D eigenvalue weighted by molar-refractivity contribution is 0.192. The second-order valence-corrected chi connectivity index (χ2v) is 10.7. The molecular formula is C28H53NO4S. The minimum Gasteiger partial charge on any atom is -0.395 e. The van der Waals surface area contributed by atoms with Crippen molar-refractivity contribution in [3.8, 4) is 0 Å². The van der Waals surface area contributed by atoms with Crippen LogP contribution in [-0.4, -0.2) is 49.2 Å². The number of aliphatic hydroxyl groups excluding tert-OH is 1. The number of nitrogens with zero attached hydrogens (tertiary/aromatic N) is 1. The van der Waals surface area contributed by atoms with Gasteiger partial charge in [-0.1, -0.05) is 110 Å². The molecule has 0 unspecified atom stereocenters. The highest BCUT2D eigenvalue weighted by molar-refractivity contribution is 7.85. The fourth-order valence-electron chi connectivity index (χ4n) is 4.01. The molecule has 0 radical (unpaired) electrons. The maximum atomic E-state index is 11.3. The van der Waals surface area contributed by atoms with Crippen LogP contribution < -0.4 is 0 Å². The smallest absolute Gasteiger partial charge is 0.294 e. The van der Waals surface area contributed by atoms with E-state index in [1.807, 2.05) is 6.07 Å². The number of aliphatic hydroxyl groups is 1. The van der Waals surface area contributed by atoms with Gasteiger partial charge in [0.05, 0.1) is 11.5 Å². The van der Waals surface area contributed by atoms with Crippen molar-refractivity contribution in [3.63, 3.8) is 0 Å². The quantitative estimate of drug-likeness (QED) is 0.146. The van der Waals surface area contributed by atoms with Crippen molar-refractivity contribution in [1.82, 2.24) is 4.90 Å². The monoisotopic (exact) mass is 499 g/mol. The molecule has 0 bridgehead atoms. The molecule has 0 spiro atoms. The Kier molecular flexibility index (Phi) is 21.9. The average Bonchev–Trinajstić information content (AvgIpc) is 2.82. The number of rotatable bonds is 20. The Labute approximate surface area is 211 Å². The number of hydrogen-bond acceptors (Lipinski definition) is 4. The maximum Gasteiger partial charge on any atom is 0.294 e. The number of hydrogen-bond donors (Lipinski definition) is 2. The van der Waals surface area contributed by atoms with Gasteiger partial charge in [0.1, 0.15) is 0 Å². The van der Waals surface area contributed by atoms with E-state index in [9.17, 15) is 13.0 Å². The van der Waals surface area contributed by atoms with Gasteiger partial charge in [-0.3, -0.25) is 4.55 Å². The largest absolute Gasteiger partial charge is 0.395 e. The molecule has 0 atom stereocenters. The first-order chi connectivity index (χ1) is 16.4. The van der Waals surface area contributed by atoms with Gasteiger partial charge >= 0.3 is 0 Å². The highest BCUT2D eigenvalue weighted by atomic mass is 32.2. The van der Waals surface area contributed by atoms with Crippen LogP contribution in [-0.2, 0) is 16.5 Å². The third kappa shape index (κ3) is 18.4. The van der Waals surface area contributed by atoms with E-state index in [4.69, 9.17) is 5.11 Å². The van der Waals surface area contributed by atoms with Gasteiger partial charge in [-0.2, -0.15) is 8.42 Å². The number of aryl methyl sites for hydroxylation is 1. The van der Waals surface area contributed by atoms with Crippen molar-refractivity contribution in [2.75, 3.05) is 26.2 Å². The van der Waals surface area contributed by atoms with Crippen LogP contribution in [0, 0.1) is 0 Å². The minimum atomic E-state index is -4.10. The lowest BCUT2D eigenvalue weighted by Gasteiger charge is -2.20. The maximum absolute atomic E-state index is 11.3. The van der Waals surface area contributed by atoms with Crippen molar-refractivity contribution < 1.29 is 18.1 Å². The summed E-state index contributed by atoms with van der Waals surface area (Å²) in [6, 6.07) is 6.73. The fraction of sp³-hybridized carbons (Fsp3) is 0.786. The van der Waals surface area contributed by atoms with Crippen molar-refractivity contribution >= 4 is 10.1 Å². The normalized spacial score (nSPS) is 11.5. The van der Waals surface area contributed by atoms with Crippen LogP contribution in [0.4, 0.5) is 0 Å². The molecule has 0 amide bonds. The van der Waals surface area contributed by atoms with Crippen LogP contribution in [0.15, 0.2) is 29.2 Å². The SMILES string of the molecule is CCCCCCCCCCCCc1ccccc1S(=O)(=O)O.CCCCN(CCO)CCCC. The molecule has 1 aromatic carbocycles. The lowest BCUT2D eigenvalue weighted by Crippen LogP contribution is -2.28. The molecule has 0 aliphatic heterocycles. The van der Waals surface area contributed by atoms with Crippen molar-refractivity contribution in [2.45, 2.75) is 122 Å². The Morgan fingerprint density at radius 3 is 1.62 bits per heavy atom. The van der Waals surface area contributed by atoms with Gasteiger partial charge in [-0.05, 0) is 50.4 Å². The molecule has 5 nitrogen and oxygen atoms in total. The van der Waals surface area contributed by atoms with Crippen LogP contribution in [0.25, 0.3) is 0 Å². The van der Waals surface area contributed by atoms with Gasteiger partial charge in [0.15, 0.2) is 0 Å². The molecule has 200 valence electrons. The summed E-state index contributed by atoms with van der Waals surface area (Å²) in [5, 5.41) is 8.79. The first kappa shape index (κ1) is 33.0. The highest BCUT2D eigenvalue weighted by Gasteiger charge is 2.13. The summed E-state index contributed by atoms with van der Waals surface area (Å²) in [6.45, 7) is 10.1. The van der Waals surface area contributed by atoms with E-state index in [1.54, 1.807) is 12.1 Å². The zero-order valence-corrected chi connectivity index (χ0v) is 23.1. The van der Waals surface area contributed by atoms with Crippen LogP contribution >= 0.6 is 0 Å². The molecule has 0 saturated carbocycles. The molecule has 6 heteroatoms. The van der Waals surface area contributed by atoms with Gasteiger partial charge in [0.2, 0.25) is 0 Å². The van der Waals surface area contributed by atoms with Gasteiger partial charge in [0, 0.05) is 6.54 Å². The summed E-state index contributed by atoms with van der Waals surface area (Å²) in [5.41, 5.74) is 0.726. The predicted molar refractivity (Wildman–Crippen MR) is 145 cm³/mol. The zero-order chi connectivity index (χ0) is 25.5. The van der Waals surface area contributed by atoms with E-state index in [2.05, 4.69) is 25.7 Å². The van der Waals surface area contributed by atoms with Gasteiger partial charge in [-0.25, -0.2) is 0 Å². The van der Waals surface area contributed by atoms with E-state index in [0.29, 0.717) is 13.0 Å². The molecule has 0 aliphatic rings. The Balaban J connectivity index is 0.000000770. The van der Waals surface area contributed by atoms with E-state index < -0.39 is 10.1 Å². The standard InChI is InChI=1S/C18H30O3S.C10H23NO/c1-2-3-4-5-6-7-8-9-10-11-14-17-15-12-13-16-18(17)22(19,20)21;1-3-5-7-11(9-10-12)8-6-4-2/h12-13,15-16H,2-11,14H2,1H3,(H,19,20,21);12H,3-10H2,1-2H3. The Hall–Kier alpha value is -0.950. The van der Waals surface area contributed by atoms with E-state index >= 15 is 0 Å². The highest BCUT2D eigenvalue weighted by Crippen LogP contribution is 2.18. The van der Waals surface area contributed by atoms with Crippen LogP contribution in [0.5, 0.6) is 0 Å². The van der Waals surface area contributed by atoms with Crippen LogP contribution in [0.1, 0.15) is 116 Å². The summed E-state index contributed by atoms with van der Waals surface area (Å²) in [7, 11) is -4.10. The molecular weight excluding hydrogens is 446 g/mol. The fourth-order valence-corrected chi connectivity index (χ4v) is 4.76. The van der Waals surface area contributed by atoms with Gasteiger partial charge in [0.25, 0.3) is 10.1 Å². The molecule has 0 heterocycles.